The topological polar surface area (TPSA) is 67.9 Å². The highest BCUT2D eigenvalue weighted by Crippen LogP contribution is 2.28. The van der Waals surface area contributed by atoms with Crippen LogP contribution in [0.2, 0.25) is 5.02 Å². The fourth-order valence-electron chi connectivity index (χ4n) is 1.94. The maximum atomic E-state index is 12.3. The molecule has 1 heterocycles. The predicted octanol–water partition coefficient (Wildman–Crippen LogP) is 4.06. The van der Waals surface area contributed by atoms with Gasteiger partial charge in [0, 0.05) is 32.3 Å². The maximum absolute atomic E-state index is 12.3. The molecule has 0 saturated carbocycles. The Bertz CT molecular complexity index is 758. The fraction of sp³-hybridized carbons (Fsp3) is 0.400. The molecule has 0 aliphatic carbocycles. The number of nitrogens with one attached hydrogen (secondary N) is 2. The van der Waals surface area contributed by atoms with Crippen LogP contribution in [0.25, 0.3) is 10.9 Å². The normalized spacial score (nSPS) is 15.0. The van der Waals surface area contributed by atoms with Crippen molar-refractivity contribution in [3.05, 3.63) is 43.6 Å². The van der Waals surface area contributed by atoms with Crippen molar-refractivity contribution in [3.63, 3.8) is 0 Å². The minimum absolute atomic E-state index is 0.201. The largest absolute Gasteiger partial charge is 0.598 e. The first-order chi connectivity index (χ1) is 10.1. The molecule has 2 N–H and O–H groups in total. The summed E-state index contributed by atoms with van der Waals surface area (Å²) in [5.41, 5.74) is 1.03. The lowest BCUT2D eigenvalue weighted by atomic mass is 10.1. The number of halogens is 2. The van der Waals surface area contributed by atoms with Gasteiger partial charge in [0.25, 0.3) is 5.56 Å². The third kappa shape index (κ3) is 3.86. The van der Waals surface area contributed by atoms with E-state index in [1.165, 1.54) is 0 Å². The SMILES string of the molecule is CC(N[S@@+]([O-])C(C)(C)C)c1cc2cc(Cl)c(Br)cc2[nH]c1=O. The molecule has 2 atom stereocenters. The molecule has 4 nitrogen and oxygen atoms in total. The molecule has 1 unspecified atom stereocenters. The molecule has 22 heavy (non-hydrogen) atoms. The van der Waals surface area contributed by atoms with Crippen molar-refractivity contribution in [2.45, 2.75) is 38.5 Å². The number of pyridine rings is 1. The highest BCUT2D eigenvalue weighted by Gasteiger charge is 2.29. The summed E-state index contributed by atoms with van der Waals surface area (Å²) in [7, 11) is 0. The molecule has 0 saturated heterocycles. The highest BCUT2D eigenvalue weighted by molar-refractivity contribution is 9.10. The van der Waals surface area contributed by atoms with Gasteiger partial charge in [-0.2, -0.15) is 0 Å². The van der Waals surface area contributed by atoms with E-state index in [1.54, 1.807) is 18.2 Å². The molecule has 0 spiro atoms. The van der Waals surface area contributed by atoms with Gasteiger partial charge in [-0.05, 0) is 61.8 Å². The Hall–Kier alpha value is -0.530. The summed E-state index contributed by atoms with van der Waals surface area (Å²) >= 11 is 8.18. The molecule has 7 heteroatoms. The molecule has 1 aromatic carbocycles. The van der Waals surface area contributed by atoms with Gasteiger partial charge in [0.05, 0.1) is 11.1 Å². The van der Waals surface area contributed by atoms with Crippen molar-refractivity contribution in [1.29, 1.82) is 0 Å². The van der Waals surface area contributed by atoms with Crippen LogP contribution in [0.5, 0.6) is 0 Å². The Morgan fingerprint density at radius 2 is 2.00 bits per heavy atom. The molecular weight excluding hydrogens is 388 g/mol. The van der Waals surface area contributed by atoms with E-state index < -0.39 is 16.1 Å². The van der Waals surface area contributed by atoms with Crippen molar-refractivity contribution >= 4 is 49.8 Å². The van der Waals surface area contributed by atoms with E-state index in [-0.39, 0.29) is 11.6 Å². The zero-order valence-electron chi connectivity index (χ0n) is 12.8. The highest BCUT2D eigenvalue weighted by atomic mass is 79.9. The van der Waals surface area contributed by atoms with E-state index in [9.17, 15) is 9.35 Å². The number of benzene rings is 1. The number of hydrogen-bond acceptors (Lipinski definition) is 3. The molecule has 0 fully saturated rings. The van der Waals surface area contributed by atoms with Crippen molar-refractivity contribution < 1.29 is 4.55 Å². The van der Waals surface area contributed by atoms with Gasteiger partial charge in [0.15, 0.2) is 0 Å². The molecule has 1 aromatic heterocycles. The lowest BCUT2D eigenvalue weighted by molar-refractivity contribution is 0.530. The summed E-state index contributed by atoms with van der Waals surface area (Å²) in [5, 5.41) is 1.40. The first kappa shape index (κ1) is 17.8. The zero-order valence-corrected chi connectivity index (χ0v) is 15.9. The number of H-pyrrole nitrogens is 1. The number of rotatable bonds is 3. The second kappa shape index (κ2) is 6.53. The summed E-state index contributed by atoms with van der Waals surface area (Å²) in [4.78, 5) is 15.1. The molecule has 2 rings (SSSR count). The Kier molecular flexibility index (Phi) is 5.29. The Morgan fingerprint density at radius 3 is 2.59 bits per heavy atom. The first-order valence-corrected chi connectivity index (χ1v) is 9.11. The molecule has 0 amide bonds. The van der Waals surface area contributed by atoms with Crippen molar-refractivity contribution in [3.8, 4) is 0 Å². The lowest BCUT2D eigenvalue weighted by Gasteiger charge is -2.26. The number of aromatic nitrogens is 1. The fourth-order valence-corrected chi connectivity index (χ4v) is 3.26. The smallest absolute Gasteiger partial charge is 0.253 e. The van der Waals surface area contributed by atoms with Crippen LogP contribution in [0.4, 0.5) is 0 Å². The van der Waals surface area contributed by atoms with Gasteiger partial charge in [0.1, 0.15) is 4.75 Å². The minimum Gasteiger partial charge on any atom is -0.598 e. The van der Waals surface area contributed by atoms with Crippen molar-refractivity contribution in [2.24, 2.45) is 0 Å². The van der Waals surface area contributed by atoms with Crippen LogP contribution in [-0.2, 0) is 11.4 Å². The third-order valence-corrected chi connectivity index (χ3v) is 6.10. The first-order valence-electron chi connectivity index (χ1n) is 6.79. The van der Waals surface area contributed by atoms with E-state index in [4.69, 9.17) is 11.6 Å². The summed E-state index contributed by atoms with van der Waals surface area (Å²) in [6, 6.07) is 5.00. The Balaban J connectivity index is 2.41. The van der Waals surface area contributed by atoms with Gasteiger partial charge in [0.2, 0.25) is 0 Å². The second-order valence-corrected chi connectivity index (χ2v) is 9.39. The molecule has 0 bridgehead atoms. The summed E-state index contributed by atoms with van der Waals surface area (Å²) in [5.74, 6) is 0. The molecule has 120 valence electrons. The molecular formula is C15H18BrClN2O2S. The Labute approximate surface area is 146 Å². The van der Waals surface area contributed by atoms with E-state index in [0.29, 0.717) is 16.1 Å². The van der Waals surface area contributed by atoms with Crippen LogP contribution in [0.3, 0.4) is 0 Å². The van der Waals surface area contributed by atoms with Gasteiger partial charge < -0.3 is 9.54 Å². The monoisotopic (exact) mass is 404 g/mol. The standard InChI is InChI=1S/C15H18BrClN2O2S/c1-8(19-22(21)15(2,3)4)10-5-9-6-12(17)11(16)7-13(9)18-14(10)20/h5-8,19H,1-4H3,(H,18,20)/t8?,22-/m0/s1. The quantitative estimate of drug-likeness (QED) is 0.757. The number of aromatic amines is 1. The van der Waals surface area contributed by atoms with Crippen molar-refractivity contribution in [1.82, 2.24) is 9.71 Å². The predicted molar refractivity (Wildman–Crippen MR) is 96.7 cm³/mol. The molecule has 2 aromatic rings. The van der Waals surface area contributed by atoms with E-state index >= 15 is 0 Å². The lowest BCUT2D eigenvalue weighted by Crippen LogP contribution is -2.41. The van der Waals surface area contributed by atoms with Gasteiger partial charge in [-0.3, -0.25) is 4.79 Å². The summed E-state index contributed by atoms with van der Waals surface area (Å²) in [6.07, 6.45) is 0. The van der Waals surface area contributed by atoms with Crippen LogP contribution in [0.15, 0.2) is 27.5 Å². The summed E-state index contributed by atoms with van der Waals surface area (Å²) in [6.45, 7) is 7.46. The van der Waals surface area contributed by atoms with Gasteiger partial charge in [-0.1, -0.05) is 11.6 Å². The zero-order chi connectivity index (χ0) is 16.7. The van der Waals surface area contributed by atoms with Crippen LogP contribution in [0, 0.1) is 0 Å². The van der Waals surface area contributed by atoms with Gasteiger partial charge in [-0.25, -0.2) is 0 Å². The molecule has 0 aliphatic heterocycles. The average Bonchev–Trinajstić information content (AvgIpc) is 2.38. The molecule has 0 aliphatic rings. The van der Waals surface area contributed by atoms with Crippen LogP contribution in [0.1, 0.15) is 39.3 Å². The van der Waals surface area contributed by atoms with Gasteiger partial charge in [-0.15, -0.1) is 4.72 Å². The average molecular weight is 406 g/mol. The van der Waals surface area contributed by atoms with E-state index in [1.807, 2.05) is 27.7 Å². The third-order valence-electron chi connectivity index (χ3n) is 3.22. The van der Waals surface area contributed by atoms with Crippen LogP contribution >= 0.6 is 27.5 Å². The van der Waals surface area contributed by atoms with Crippen LogP contribution < -0.4 is 10.3 Å². The maximum Gasteiger partial charge on any atom is 0.253 e. The number of fused-ring (bicyclic) bond motifs is 1. The van der Waals surface area contributed by atoms with Gasteiger partial charge >= 0.3 is 0 Å². The van der Waals surface area contributed by atoms with Crippen LogP contribution in [-0.4, -0.2) is 14.3 Å². The number of hydrogen-bond donors (Lipinski definition) is 2. The van der Waals surface area contributed by atoms with E-state index in [2.05, 4.69) is 25.6 Å². The Morgan fingerprint density at radius 1 is 1.36 bits per heavy atom. The minimum atomic E-state index is -1.25. The summed E-state index contributed by atoms with van der Waals surface area (Å²) < 4.78 is 15.5. The van der Waals surface area contributed by atoms with E-state index in [0.717, 1.165) is 9.86 Å². The molecule has 0 radical (unpaired) electrons. The second-order valence-electron chi connectivity index (χ2n) is 6.13. The van der Waals surface area contributed by atoms with Crippen molar-refractivity contribution in [2.75, 3.05) is 0 Å².